The standard InChI is InChI=1S/C47H63N4O2S2/c1-49-26-31-6-8-33(9-7-31)28-51-46-43(20-34-16-18-54-29-34)41-14-12-39(53)22-37(41)24-44(46)47-36(17-19-55-47)23-42-40-13-11-38(52)21-35(40)10-15-45(42)50-27-32-4-2-30(25-48)3-5-32/h11-14,16-19,21-22,29-33,42-46,48-53H,2-10,15,20,23-28H2,1H3/q-1/t30?,31?,32?,33?,42-,43+,44?,45+,46+/m0/s1. The molecule has 8 heteroatoms. The van der Waals surface area contributed by atoms with Gasteiger partial charge in [-0.2, -0.15) is 11.3 Å². The summed E-state index contributed by atoms with van der Waals surface area (Å²) in [5.74, 6) is 4.51. The van der Waals surface area contributed by atoms with Crippen molar-refractivity contribution in [3.63, 3.8) is 0 Å². The van der Waals surface area contributed by atoms with Gasteiger partial charge in [-0.25, -0.2) is 0 Å². The van der Waals surface area contributed by atoms with Gasteiger partial charge in [-0.05, 0) is 201 Å². The SMILES string of the molecule is CNCC1CCC(CN[C@H]2C(c3sccc3C[C@H]3c4ccc(O)cc4CC[C@H]3NCC3CCC(C[NH-])CC3)Cc3cc(O)ccc3[C@H]2Cc2ccsc2)CC1. The van der Waals surface area contributed by atoms with Gasteiger partial charge < -0.3 is 31.9 Å². The Morgan fingerprint density at radius 3 is 2.02 bits per heavy atom. The summed E-state index contributed by atoms with van der Waals surface area (Å²) in [5.41, 5.74) is 16.2. The number of rotatable bonds is 14. The van der Waals surface area contributed by atoms with Crippen molar-refractivity contribution in [3.8, 4) is 11.5 Å². The van der Waals surface area contributed by atoms with Gasteiger partial charge >= 0.3 is 0 Å². The van der Waals surface area contributed by atoms with Crippen molar-refractivity contribution in [3.05, 3.63) is 109 Å². The molecule has 0 spiro atoms. The van der Waals surface area contributed by atoms with Crippen LogP contribution in [0.4, 0.5) is 0 Å². The van der Waals surface area contributed by atoms with E-state index in [-0.39, 0.29) is 0 Å². The number of thiophene rings is 2. The molecule has 4 aliphatic rings. The number of nitrogens with one attached hydrogen (secondary N) is 4. The van der Waals surface area contributed by atoms with Crippen LogP contribution in [0.2, 0.25) is 0 Å². The quantitative estimate of drug-likeness (QED) is 0.0878. The molecule has 6 nitrogen and oxygen atoms in total. The number of phenols is 2. The zero-order chi connectivity index (χ0) is 37.7. The lowest BCUT2D eigenvalue weighted by Crippen LogP contribution is -2.47. The van der Waals surface area contributed by atoms with E-state index in [0.29, 0.717) is 65.6 Å². The second-order valence-electron chi connectivity index (χ2n) is 17.7. The number of hydrogen-bond acceptors (Lipinski definition) is 7. The molecule has 4 aliphatic carbocycles. The van der Waals surface area contributed by atoms with E-state index in [4.69, 9.17) is 5.73 Å². The van der Waals surface area contributed by atoms with Gasteiger partial charge in [-0.3, -0.25) is 0 Å². The highest BCUT2D eigenvalue weighted by Crippen LogP contribution is 2.47. The molecule has 296 valence electrons. The Kier molecular flexibility index (Phi) is 13.0. The summed E-state index contributed by atoms with van der Waals surface area (Å²) in [6.45, 7) is 3.84. The average Bonchev–Trinajstić information content (AvgIpc) is 3.90. The molecule has 1 unspecified atom stereocenters. The normalized spacial score (nSPS) is 29.5. The Morgan fingerprint density at radius 2 is 1.35 bits per heavy atom. The predicted octanol–water partition coefficient (Wildman–Crippen LogP) is 9.96. The lowest BCUT2D eigenvalue weighted by molar-refractivity contribution is 0.243. The van der Waals surface area contributed by atoms with Crippen molar-refractivity contribution in [1.82, 2.24) is 16.0 Å². The third-order valence-electron chi connectivity index (χ3n) is 14.2. The molecule has 4 aromatic rings. The van der Waals surface area contributed by atoms with Crippen LogP contribution < -0.4 is 16.0 Å². The van der Waals surface area contributed by atoms with Gasteiger partial charge in [0.25, 0.3) is 0 Å². The Morgan fingerprint density at radius 1 is 0.691 bits per heavy atom. The van der Waals surface area contributed by atoms with E-state index in [1.807, 2.05) is 29.5 Å². The van der Waals surface area contributed by atoms with Crippen LogP contribution >= 0.6 is 22.7 Å². The molecular formula is C47H63N4O2S2-. The number of phenolic OH excluding ortho intramolecular Hbond substituents is 2. The predicted molar refractivity (Wildman–Crippen MR) is 230 cm³/mol. The molecule has 8 rings (SSSR count). The molecule has 0 aliphatic heterocycles. The molecule has 55 heavy (non-hydrogen) atoms. The van der Waals surface area contributed by atoms with Crippen LogP contribution in [0.3, 0.4) is 0 Å². The second kappa shape index (κ2) is 18.3. The van der Waals surface area contributed by atoms with Crippen LogP contribution in [0.5, 0.6) is 11.5 Å². The van der Waals surface area contributed by atoms with E-state index in [0.717, 1.165) is 57.7 Å². The first-order valence-corrected chi connectivity index (χ1v) is 23.2. The summed E-state index contributed by atoms with van der Waals surface area (Å²) in [6, 6.07) is 17.7. The van der Waals surface area contributed by atoms with Crippen LogP contribution in [-0.4, -0.2) is 55.5 Å². The average molecular weight is 780 g/mol. The topological polar surface area (TPSA) is 100 Å². The highest BCUT2D eigenvalue weighted by atomic mass is 32.1. The van der Waals surface area contributed by atoms with Crippen molar-refractivity contribution >= 4 is 22.7 Å². The molecule has 2 heterocycles. The molecule has 0 bridgehead atoms. The fourth-order valence-corrected chi connectivity index (χ4v) is 12.8. The molecule has 2 fully saturated rings. The zero-order valence-corrected chi connectivity index (χ0v) is 34.4. The first-order chi connectivity index (χ1) is 26.9. The molecule has 2 saturated carbocycles. The lowest BCUT2D eigenvalue weighted by Gasteiger charge is -2.42. The summed E-state index contributed by atoms with van der Waals surface area (Å²) in [6.07, 6.45) is 15.1. The van der Waals surface area contributed by atoms with Crippen LogP contribution in [0, 0.1) is 23.7 Å². The monoisotopic (exact) mass is 779 g/mol. The van der Waals surface area contributed by atoms with E-state index < -0.39 is 0 Å². The number of aromatic hydroxyl groups is 2. The first-order valence-electron chi connectivity index (χ1n) is 21.4. The third kappa shape index (κ3) is 9.21. The Labute approximate surface area is 337 Å². The van der Waals surface area contributed by atoms with Gasteiger partial charge in [0.15, 0.2) is 0 Å². The van der Waals surface area contributed by atoms with E-state index in [1.54, 1.807) is 11.3 Å². The molecule has 0 amide bonds. The Bertz CT molecular complexity index is 1810. The minimum Gasteiger partial charge on any atom is -0.677 e. The van der Waals surface area contributed by atoms with Crippen LogP contribution in [0.15, 0.2) is 64.7 Å². The summed E-state index contributed by atoms with van der Waals surface area (Å²) in [7, 11) is 2.09. The van der Waals surface area contributed by atoms with Gasteiger partial charge in [0, 0.05) is 34.7 Å². The molecular weight excluding hydrogens is 717 g/mol. The van der Waals surface area contributed by atoms with E-state index >= 15 is 0 Å². The number of aryl methyl sites for hydroxylation is 1. The fourth-order valence-electron chi connectivity index (χ4n) is 11.1. The summed E-state index contributed by atoms with van der Waals surface area (Å²) < 4.78 is 0. The van der Waals surface area contributed by atoms with Gasteiger partial charge in [0.05, 0.1) is 0 Å². The minimum atomic E-state index is 0.299. The summed E-state index contributed by atoms with van der Waals surface area (Å²) in [4.78, 5) is 1.51. The van der Waals surface area contributed by atoms with Gasteiger partial charge in [0.2, 0.25) is 0 Å². The maximum atomic E-state index is 10.8. The number of benzene rings is 2. The first kappa shape index (κ1) is 39.1. The van der Waals surface area contributed by atoms with Crippen molar-refractivity contribution in [1.29, 1.82) is 0 Å². The Hall–Kier alpha value is -2.72. The molecule has 5 atom stereocenters. The third-order valence-corrected chi connectivity index (χ3v) is 16.0. The Balaban J connectivity index is 1.09. The lowest BCUT2D eigenvalue weighted by atomic mass is 9.69. The highest BCUT2D eigenvalue weighted by molar-refractivity contribution is 7.10. The molecule has 6 N–H and O–H groups in total. The van der Waals surface area contributed by atoms with Gasteiger partial charge in [0.1, 0.15) is 11.5 Å². The van der Waals surface area contributed by atoms with Crippen LogP contribution in [-0.2, 0) is 25.7 Å². The second-order valence-corrected chi connectivity index (χ2v) is 19.4. The van der Waals surface area contributed by atoms with Crippen molar-refractivity contribution in [2.75, 3.05) is 33.2 Å². The van der Waals surface area contributed by atoms with E-state index in [1.165, 1.54) is 89.6 Å². The molecule has 2 aromatic heterocycles. The largest absolute Gasteiger partial charge is 0.677 e. The number of hydrogen-bond donors (Lipinski definition) is 5. The minimum absolute atomic E-state index is 0.299. The zero-order valence-electron chi connectivity index (χ0n) is 32.8. The number of fused-ring (bicyclic) bond motifs is 2. The van der Waals surface area contributed by atoms with Gasteiger partial charge in [-0.15, -0.1) is 17.9 Å². The van der Waals surface area contributed by atoms with E-state index in [2.05, 4.69) is 69.5 Å². The van der Waals surface area contributed by atoms with Gasteiger partial charge in [-0.1, -0.05) is 30.9 Å². The van der Waals surface area contributed by atoms with Crippen molar-refractivity contribution in [2.45, 2.75) is 113 Å². The maximum absolute atomic E-state index is 10.8. The summed E-state index contributed by atoms with van der Waals surface area (Å²) >= 11 is 3.74. The smallest absolute Gasteiger partial charge is 0.115 e. The fraction of sp³-hybridized carbons (Fsp3) is 0.574. The molecule has 0 radical (unpaired) electrons. The summed E-state index contributed by atoms with van der Waals surface area (Å²) in [5, 5.41) is 40.0. The molecule has 2 aromatic carbocycles. The highest BCUT2D eigenvalue weighted by Gasteiger charge is 2.40. The van der Waals surface area contributed by atoms with Crippen molar-refractivity contribution in [2.24, 2.45) is 23.7 Å². The van der Waals surface area contributed by atoms with Crippen LogP contribution in [0.25, 0.3) is 5.73 Å². The van der Waals surface area contributed by atoms with E-state index in [9.17, 15) is 10.2 Å². The maximum Gasteiger partial charge on any atom is 0.115 e. The van der Waals surface area contributed by atoms with Crippen LogP contribution in [0.1, 0.15) is 114 Å². The van der Waals surface area contributed by atoms with Crippen molar-refractivity contribution < 1.29 is 10.2 Å². The molecule has 0 saturated heterocycles.